The van der Waals surface area contributed by atoms with Crippen LogP contribution in [0, 0.1) is 5.92 Å². The molecule has 0 N–H and O–H groups in total. The zero-order valence-electron chi connectivity index (χ0n) is 13.8. The van der Waals surface area contributed by atoms with Gasteiger partial charge in [-0.15, -0.1) is 0 Å². The van der Waals surface area contributed by atoms with Crippen LogP contribution in [0.5, 0.6) is 0 Å². The lowest BCUT2D eigenvalue weighted by atomic mass is 10.0. The van der Waals surface area contributed by atoms with E-state index in [1.807, 2.05) is 30.7 Å². The molecular formula is C19H24N2O3. The van der Waals surface area contributed by atoms with Gasteiger partial charge in [-0.05, 0) is 30.5 Å². The molecule has 2 fully saturated rings. The SMILES string of the molecule is c1cncc(COC[C@@H]2CC[C@H]3[C@H]2OCCN3Cc2ccoc2)c1. The minimum absolute atomic E-state index is 0.291. The predicted octanol–water partition coefficient (Wildman–Crippen LogP) is 2.87. The summed E-state index contributed by atoms with van der Waals surface area (Å²) in [5.74, 6) is 0.485. The molecule has 1 saturated carbocycles. The highest BCUT2D eigenvalue weighted by atomic mass is 16.5. The van der Waals surface area contributed by atoms with Crippen molar-refractivity contribution in [2.24, 2.45) is 5.92 Å². The Bertz CT molecular complexity index is 617. The Balaban J connectivity index is 1.31. The topological polar surface area (TPSA) is 47.7 Å². The number of fused-ring (bicyclic) bond motifs is 1. The number of ether oxygens (including phenoxy) is 2. The Labute approximate surface area is 142 Å². The Kier molecular flexibility index (Phi) is 4.92. The van der Waals surface area contributed by atoms with E-state index in [0.29, 0.717) is 24.7 Å². The highest BCUT2D eigenvalue weighted by Crippen LogP contribution is 2.35. The Morgan fingerprint density at radius 3 is 3.08 bits per heavy atom. The maximum absolute atomic E-state index is 6.11. The van der Waals surface area contributed by atoms with Crippen LogP contribution in [0.2, 0.25) is 0 Å². The standard InChI is InChI=1S/C19H24N2O3/c1-2-15(10-20-6-1)12-23-14-17-3-4-18-19(17)24-9-7-21(18)11-16-5-8-22-13-16/h1-2,5-6,8,10,13,17-19H,3-4,7,9,11-12,14H2/t17-,18-,19-/m0/s1. The van der Waals surface area contributed by atoms with Gasteiger partial charge in [-0.3, -0.25) is 9.88 Å². The van der Waals surface area contributed by atoms with E-state index < -0.39 is 0 Å². The molecule has 2 aromatic rings. The molecule has 3 heterocycles. The van der Waals surface area contributed by atoms with Crippen molar-refractivity contribution in [1.82, 2.24) is 9.88 Å². The fraction of sp³-hybridized carbons (Fsp3) is 0.526. The Morgan fingerprint density at radius 1 is 1.25 bits per heavy atom. The molecule has 24 heavy (non-hydrogen) atoms. The van der Waals surface area contributed by atoms with Crippen LogP contribution in [0.15, 0.2) is 47.5 Å². The third-order valence-electron chi connectivity index (χ3n) is 5.12. The van der Waals surface area contributed by atoms with Gasteiger partial charge in [0.05, 0.1) is 38.5 Å². The monoisotopic (exact) mass is 328 g/mol. The normalized spacial score (nSPS) is 27.2. The van der Waals surface area contributed by atoms with Gasteiger partial charge in [-0.25, -0.2) is 0 Å². The second-order valence-electron chi connectivity index (χ2n) is 6.72. The number of pyridine rings is 1. The largest absolute Gasteiger partial charge is 0.472 e. The van der Waals surface area contributed by atoms with Gasteiger partial charge in [0.25, 0.3) is 0 Å². The molecule has 0 bridgehead atoms. The molecular weight excluding hydrogens is 304 g/mol. The van der Waals surface area contributed by atoms with Crippen LogP contribution in [0.1, 0.15) is 24.0 Å². The van der Waals surface area contributed by atoms with Crippen LogP contribution in [0.3, 0.4) is 0 Å². The number of furan rings is 1. The van der Waals surface area contributed by atoms with Gasteiger partial charge >= 0.3 is 0 Å². The lowest BCUT2D eigenvalue weighted by Gasteiger charge is -2.39. The second-order valence-corrected chi connectivity index (χ2v) is 6.72. The maximum Gasteiger partial charge on any atom is 0.0947 e. The first-order valence-corrected chi connectivity index (χ1v) is 8.73. The molecule has 0 amide bonds. The minimum atomic E-state index is 0.291. The summed E-state index contributed by atoms with van der Waals surface area (Å²) in [5, 5.41) is 0. The van der Waals surface area contributed by atoms with Crippen molar-refractivity contribution in [2.45, 2.75) is 38.1 Å². The lowest BCUT2D eigenvalue weighted by Crippen LogP contribution is -2.50. The summed E-state index contributed by atoms with van der Waals surface area (Å²) in [6, 6.07) is 6.55. The first-order chi connectivity index (χ1) is 11.9. The number of nitrogens with zero attached hydrogens (tertiary/aromatic N) is 2. The molecule has 0 unspecified atom stereocenters. The summed E-state index contributed by atoms with van der Waals surface area (Å²) >= 11 is 0. The van der Waals surface area contributed by atoms with E-state index in [0.717, 1.165) is 31.9 Å². The van der Waals surface area contributed by atoms with E-state index in [-0.39, 0.29) is 0 Å². The van der Waals surface area contributed by atoms with Gasteiger partial charge in [0, 0.05) is 43.0 Å². The van der Waals surface area contributed by atoms with Crippen molar-refractivity contribution in [2.75, 3.05) is 19.8 Å². The van der Waals surface area contributed by atoms with Gasteiger partial charge in [0.15, 0.2) is 0 Å². The van der Waals surface area contributed by atoms with Gasteiger partial charge in [-0.2, -0.15) is 0 Å². The molecule has 128 valence electrons. The molecule has 5 nitrogen and oxygen atoms in total. The van der Waals surface area contributed by atoms with E-state index >= 15 is 0 Å². The first kappa shape index (κ1) is 15.8. The molecule has 1 saturated heterocycles. The highest BCUT2D eigenvalue weighted by Gasteiger charge is 2.42. The van der Waals surface area contributed by atoms with Crippen molar-refractivity contribution in [1.29, 1.82) is 0 Å². The predicted molar refractivity (Wildman–Crippen MR) is 89.3 cm³/mol. The minimum Gasteiger partial charge on any atom is -0.472 e. The van der Waals surface area contributed by atoms with Crippen LogP contribution in [0.25, 0.3) is 0 Å². The number of hydrogen-bond acceptors (Lipinski definition) is 5. The summed E-state index contributed by atoms with van der Waals surface area (Å²) in [7, 11) is 0. The van der Waals surface area contributed by atoms with Crippen molar-refractivity contribution in [3.8, 4) is 0 Å². The van der Waals surface area contributed by atoms with E-state index in [9.17, 15) is 0 Å². The molecule has 1 aliphatic heterocycles. The van der Waals surface area contributed by atoms with Crippen LogP contribution in [0.4, 0.5) is 0 Å². The number of hydrogen-bond donors (Lipinski definition) is 0. The molecule has 0 radical (unpaired) electrons. The van der Waals surface area contributed by atoms with Crippen molar-refractivity contribution in [3.05, 3.63) is 54.2 Å². The lowest BCUT2D eigenvalue weighted by molar-refractivity contribution is -0.0892. The average Bonchev–Trinajstić information content (AvgIpc) is 3.27. The number of rotatable bonds is 6. The molecule has 5 heteroatoms. The fourth-order valence-corrected chi connectivity index (χ4v) is 3.94. The summed E-state index contributed by atoms with van der Waals surface area (Å²) < 4.78 is 17.3. The summed E-state index contributed by atoms with van der Waals surface area (Å²) in [6.07, 6.45) is 9.88. The van der Waals surface area contributed by atoms with Crippen molar-refractivity contribution in [3.63, 3.8) is 0 Å². The number of aromatic nitrogens is 1. The van der Waals surface area contributed by atoms with Gasteiger partial charge in [0.2, 0.25) is 0 Å². The maximum atomic E-state index is 6.11. The number of morpholine rings is 1. The van der Waals surface area contributed by atoms with Gasteiger partial charge in [-0.1, -0.05) is 6.07 Å². The van der Waals surface area contributed by atoms with Crippen molar-refractivity contribution < 1.29 is 13.9 Å². The van der Waals surface area contributed by atoms with E-state index in [1.54, 1.807) is 12.5 Å². The van der Waals surface area contributed by atoms with Crippen LogP contribution in [-0.4, -0.2) is 41.8 Å². The van der Waals surface area contributed by atoms with E-state index in [1.165, 1.54) is 18.4 Å². The third kappa shape index (κ3) is 3.53. The highest BCUT2D eigenvalue weighted by molar-refractivity contribution is 5.08. The molecule has 0 spiro atoms. The Morgan fingerprint density at radius 2 is 2.25 bits per heavy atom. The van der Waals surface area contributed by atoms with E-state index in [2.05, 4.69) is 9.88 Å². The quantitative estimate of drug-likeness (QED) is 0.816. The Hall–Kier alpha value is -1.69. The van der Waals surface area contributed by atoms with Gasteiger partial charge < -0.3 is 13.9 Å². The smallest absolute Gasteiger partial charge is 0.0947 e. The second kappa shape index (κ2) is 7.47. The first-order valence-electron chi connectivity index (χ1n) is 8.73. The fourth-order valence-electron chi connectivity index (χ4n) is 3.94. The van der Waals surface area contributed by atoms with Gasteiger partial charge in [0.1, 0.15) is 0 Å². The van der Waals surface area contributed by atoms with Crippen LogP contribution >= 0.6 is 0 Å². The zero-order valence-corrected chi connectivity index (χ0v) is 13.8. The van der Waals surface area contributed by atoms with Crippen LogP contribution < -0.4 is 0 Å². The summed E-state index contributed by atoms with van der Waals surface area (Å²) in [6.45, 7) is 4.13. The molecule has 1 aliphatic carbocycles. The summed E-state index contributed by atoms with van der Waals surface area (Å²) in [5.41, 5.74) is 2.37. The summed E-state index contributed by atoms with van der Waals surface area (Å²) in [4.78, 5) is 6.67. The molecule has 3 atom stereocenters. The third-order valence-corrected chi connectivity index (χ3v) is 5.12. The van der Waals surface area contributed by atoms with Crippen LogP contribution in [-0.2, 0) is 22.6 Å². The molecule has 2 aliphatic rings. The molecule has 2 aromatic heterocycles. The molecule has 4 rings (SSSR count). The van der Waals surface area contributed by atoms with E-state index in [4.69, 9.17) is 13.9 Å². The molecule has 0 aromatic carbocycles. The zero-order chi connectivity index (χ0) is 16.2. The average molecular weight is 328 g/mol. The van der Waals surface area contributed by atoms with Crippen molar-refractivity contribution >= 4 is 0 Å².